The van der Waals surface area contributed by atoms with E-state index in [0.29, 0.717) is 37.6 Å². The molecular formula is C21H25N5O4. The lowest BCUT2D eigenvalue weighted by Gasteiger charge is -2.38. The zero-order valence-electron chi connectivity index (χ0n) is 17.2. The summed E-state index contributed by atoms with van der Waals surface area (Å²) in [5, 5.41) is 8.35. The molecule has 0 radical (unpaired) electrons. The van der Waals surface area contributed by atoms with E-state index in [1.165, 1.54) is 0 Å². The number of hydrogen-bond acceptors (Lipinski definition) is 6. The van der Waals surface area contributed by atoms with Gasteiger partial charge in [-0.25, -0.2) is 4.68 Å². The lowest BCUT2D eigenvalue weighted by Crippen LogP contribution is -2.50. The van der Waals surface area contributed by atoms with Crippen LogP contribution < -0.4 is 9.47 Å². The standard InChI is InChI=1S/C21H25N5O4/c1-29-18-7-5-15(10-19(18)30-2)6-8-21(28)25-13-17(14-25)26-12-16(22-23-26)11-24-9-3-4-20(24)27/h5-8,10,12,17H,3-4,9,11,13-14H2,1-2H3/b8-6+. The molecule has 3 heterocycles. The van der Waals surface area contributed by atoms with E-state index in [-0.39, 0.29) is 17.9 Å². The predicted molar refractivity (Wildman–Crippen MR) is 109 cm³/mol. The summed E-state index contributed by atoms with van der Waals surface area (Å²) < 4.78 is 12.3. The number of rotatable bonds is 7. The fraction of sp³-hybridized carbons (Fsp3) is 0.429. The van der Waals surface area contributed by atoms with Gasteiger partial charge in [0.05, 0.1) is 33.0 Å². The summed E-state index contributed by atoms with van der Waals surface area (Å²) in [4.78, 5) is 27.7. The normalized spacial score (nSPS) is 16.9. The average molecular weight is 411 g/mol. The highest BCUT2D eigenvalue weighted by molar-refractivity contribution is 5.92. The zero-order chi connectivity index (χ0) is 21.1. The predicted octanol–water partition coefficient (Wildman–Crippen LogP) is 1.51. The molecule has 4 rings (SSSR count). The van der Waals surface area contributed by atoms with Crippen LogP contribution in [0.5, 0.6) is 11.5 Å². The van der Waals surface area contributed by atoms with Gasteiger partial charge in [0, 0.05) is 32.1 Å². The fourth-order valence-electron chi connectivity index (χ4n) is 3.66. The summed E-state index contributed by atoms with van der Waals surface area (Å²) in [6, 6.07) is 5.61. The number of ether oxygens (including phenoxy) is 2. The lowest BCUT2D eigenvalue weighted by molar-refractivity contribution is -0.131. The highest BCUT2D eigenvalue weighted by Gasteiger charge is 2.32. The fourth-order valence-corrected chi connectivity index (χ4v) is 3.66. The first-order valence-electron chi connectivity index (χ1n) is 9.95. The Balaban J connectivity index is 1.29. The van der Waals surface area contributed by atoms with Crippen LogP contribution in [0.25, 0.3) is 6.08 Å². The molecule has 0 saturated carbocycles. The Morgan fingerprint density at radius 3 is 2.73 bits per heavy atom. The molecule has 2 saturated heterocycles. The molecule has 158 valence electrons. The van der Waals surface area contributed by atoms with Crippen molar-refractivity contribution in [3.8, 4) is 11.5 Å². The average Bonchev–Trinajstić information content (AvgIpc) is 3.34. The molecular weight excluding hydrogens is 386 g/mol. The Labute approximate surface area is 174 Å². The zero-order valence-corrected chi connectivity index (χ0v) is 17.2. The molecule has 0 atom stereocenters. The topological polar surface area (TPSA) is 89.8 Å². The van der Waals surface area contributed by atoms with Crippen LogP contribution in [0.2, 0.25) is 0 Å². The Bertz CT molecular complexity index is 964. The highest BCUT2D eigenvalue weighted by Crippen LogP contribution is 2.28. The third-order valence-corrected chi connectivity index (χ3v) is 5.46. The monoisotopic (exact) mass is 411 g/mol. The maximum Gasteiger partial charge on any atom is 0.246 e. The summed E-state index contributed by atoms with van der Waals surface area (Å²) in [7, 11) is 3.16. The van der Waals surface area contributed by atoms with Crippen molar-refractivity contribution in [3.63, 3.8) is 0 Å². The molecule has 2 fully saturated rings. The van der Waals surface area contributed by atoms with Gasteiger partial charge in [0.1, 0.15) is 5.69 Å². The molecule has 0 N–H and O–H groups in total. The van der Waals surface area contributed by atoms with Crippen LogP contribution in [-0.2, 0) is 16.1 Å². The van der Waals surface area contributed by atoms with Crippen LogP contribution in [0.3, 0.4) is 0 Å². The second kappa shape index (κ2) is 8.56. The molecule has 2 aliphatic heterocycles. The van der Waals surface area contributed by atoms with Gasteiger partial charge in [0.2, 0.25) is 11.8 Å². The number of benzene rings is 1. The van der Waals surface area contributed by atoms with Crippen molar-refractivity contribution in [2.45, 2.75) is 25.4 Å². The summed E-state index contributed by atoms with van der Waals surface area (Å²) in [6.45, 7) is 2.45. The van der Waals surface area contributed by atoms with E-state index < -0.39 is 0 Å². The SMILES string of the molecule is COc1ccc(/C=C/C(=O)N2CC(n3cc(CN4CCCC4=O)nn3)C2)cc1OC. The Kier molecular flexibility index (Phi) is 5.69. The smallest absolute Gasteiger partial charge is 0.246 e. The van der Waals surface area contributed by atoms with Crippen molar-refractivity contribution in [3.05, 3.63) is 41.7 Å². The third kappa shape index (κ3) is 4.14. The summed E-state index contributed by atoms with van der Waals surface area (Å²) >= 11 is 0. The lowest BCUT2D eigenvalue weighted by atomic mass is 10.1. The van der Waals surface area contributed by atoms with Crippen LogP contribution >= 0.6 is 0 Å². The van der Waals surface area contributed by atoms with Gasteiger partial charge < -0.3 is 19.3 Å². The van der Waals surface area contributed by atoms with Crippen LogP contribution in [0.15, 0.2) is 30.5 Å². The van der Waals surface area contributed by atoms with Crippen LogP contribution in [0.1, 0.15) is 30.1 Å². The van der Waals surface area contributed by atoms with E-state index in [4.69, 9.17) is 9.47 Å². The molecule has 0 unspecified atom stereocenters. The molecule has 2 amide bonds. The molecule has 9 heteroatoms. The molecule has 0 aliphatic carbocycles. The van der Waals surface area contributed by atoms with E-state index >= 15 is 0 Å². The van der Waals surface area contributed by atoms with Gasteiger partial charge in [0.15, 0.2) is 11.5 Å². The van der Waals surface area contributed by atoms with E-state index in [0.717, 1.165) is 24.2 Å². The summed E-state index contributed by atoms with van der Waals surface area (Å²) in [5.41, 5.74) is 1.64. The quantitative estimate of drug-likeness (QED) is 0.642. The molecule has 2 aliphatic rings. The molecule has 0 bridgehead atoms. The number of carbonyl (C=O) groups is 2. The summed E-state index contributed by atoms with van der Waals surface area (Å²) in [6.07, 6.45) is 6.72. The first-order valence-corrected chi connectivity index (χ1v) is 9.95. The van der Waals surface area contributed by atoms with Gasteiger partial charge in [-0.05, 0) is 30.2 Å². The van der Waals surface area contributed by atoms with Crippen molar-refractivity contribution in [2.75, 3.05) is 33.9 Å². The molecule has 30 heavy (non-hydrogen) atoms. The van der Waals surface area contributed by atoms with Gasteiger partial charge in [-0.15, -0.1) is 5.10 Å². The molecule has 1 aromatic carbocycles. The van der Waals surface area contributed by atoms with E-state index in [1.54, 1.807) is 42.0 Å². The Morgan fingerprint density at radius 2 is 2.03 bits per heavy atom. The minimum Gasteiger partial charge on any atom is -0.493 e. The second-order valence-electron chi connectivity index (χ2n) is 7.45. The van der Waals surface area contributed by atoms with Crippen LogP contribution in [0, 0.1) is 0 Å². The van der Waals surface area contributed by atoms with Crippen molar-refractivity contribution in [1.29, 1.82) is 0 Å². The van der Waals surface area contributed by atoms with Crippen molar-refractivity contribution in [2.24, 2.45) is 0 Å². The van der Waals surface area contributed by atoms with Gasteiger partial charge in [-0.1, -0.05) is 11.3 Å². The van der Waals surface area contributed by atoms with Crippen molar-refractivity contribution in [1.82, 2.24) is 24.8 Å². The van der Waals surface area contributed by atoms with E-state index in [2.05, 4.69) is 10.3 Å². The first kappa shape index (κ1) is 19.9. The minimum atomic E-state index is -0.0518. The molecule has 2 aromatic rings. The van der Waals surface area contributed by atoms with Gasteiger partial charge >= 0.3 is 0 Å². The van der Waals surface area contributed by atoms with Gasteiger partial charge in [-0.2, -0.15) is 0 Å². The molecule has 0 spiro atoms. The number of carbonyl (C=O) groups excluding carboxylic acids is 2. The Morgan fingerprint density at radius 1 is 1.23 bits per heavy atom. The van der Waals surface area contributed by atoms with E-state index in [9.17, 15) is 9.59 Å². The molecule has 1 aromatic heterocycles. The Hall–Kier alpha value is -3.36. The van der Waals surface area contributed by atoms with Crippen LogP contribution in [-0.4, -0.2) is 70.5 Å². The largest absolute Gasteiger partial charge is 0.493 e. The van der Waals surface area contributed by atoms with Crippen molar-refractivity contribution < 1.29 is 19.1 Å². The maximum absolute atomic E-state index is 12.4. The number of amides is 2. The maximum atomic E-state index is 12.4. The number of aromatic nitrogens is 3. The van der Waals surface area contributed by atoms with Crippen molar-refractivity contribution >= 4 is 17.9 Å². The van der Waals surface area contributed by atoms with E-state index in [1.807, 2.05) is 23.2 Å². The summed E-state index contributed by atoms with van der Waals surface area (Å²) in [5.74, 6) is 1.39. The second-order valence-corrected chi connectivity index (χ2v) is 7.45. The van der Waals surface area contributed by atoms with Crippen LogP contribution in [0.4, 0.5) is 0 Å². The number of nitrogens with zero attached hydrogens (tertiary/aromatic N) is 5. The van der Waals surface area contributed by atoms with Gasteiger partial charge in [0.25, 0.3) is 0 Å². The third-order valence-electron chi connectivity index (χ3n) is 5.46. The first-order chi connectivity index (χ1) is 14.6. The number of hydrogen-bond donors (Lipinski definition) is 0. The number of methoxy groups -OCH3 is 2. The minimum absolute atomic E-state index is 0.0518. The molecule has 9 nitrogen and oxygen atoms in total. The van der Waals surface area contributed by atoms with Gasteiger partial charge in [-0.3, -0.25) is 9.59 Å². The number of likely N-dealkylation sites (tertiary alicyclic amines) is 2. The highest BCUT2D eigenvalue weighted by atomic mass is 16.5.